The third-order valence-electron chi connectivity index (χ3n) is 1.93. The van der Waals surface area contributed by atoms with Crippen LogP contribution in [0.5, 0.6) is 0 Å². The zero-order valence-electron chi connectivity index (χ0n) is 8.49. The van der Waals surface area contributed by atoms with Crippen LogP contribution < -0.4 is 11.5 Å². The van der Waals surface area contributed by atoms with Crippen LogP contribution in [0.4, 0.5) is 11.5 Å². The fraction of sp³-hybridized carbons (Fsp3) is 0.500. The van der Waals surface area contributed by atoms with Crippen LogP contribution in [-0.2, 0) is 0 Å². The highest BCUT2D eigenvalue weighted by Crippen LogP contribution is 2.21. The molecule has 1 rings (SSSR count). The van der Waals surface area contributed by atoms with Crippen molar-refractivity contribution in [3.05, 3.63) is 12.1 Å². The number of anilines is 2. The molecule has 0 saturated heterocycles. The second kappa shape index (κ2) is 5.75. The topological polar surface area (TPSA) is 64.9 Å². The first-order valence-electron chi connectivity index (χ1n) is 4.89. The summed E-state index contributed by atoms with van der Waals surface area (Å²) < 4.78 is 0. The van der Waals surface area contributed by atoms with E-state index in [1.165, 1.54) is 19.3 Å². The maximum atomic E-state index is 5.60. The highest BCUT2D eigenvalue weighted by atomic mass is 32.2. The van der Waals surface area contributed by atoms with Crippen LogP contribution in [0, 0.1) is 0 Å². The molecule has 0 spiro atoms. The van der Waals surface area contributed by atoms with Gasteiger partial charge >= 0.3 is 0 Å². The molecule has 0 atom stereocenters. The molecule has 0 amide bonds. The minimum atomic E-state index is 0.436. The van der Waals surface area contributed by atoms with Gasteiger partial charge in [0.15, 0.2) is 0 Å². The van der Waals surface area contributed by atoms with E-state index in [2.05, 4.69) is 11.9 Å². The molecule has 14 heavy (non-hydrogen) atoms. The second-order valence-electron chi connectivity index (χ2n) is 3.18. The number of nitrogens with two attached hydrogens (primary N) is 2. The van der Waals surface area contributed by atoms with Crippen LogP contribution in [0.15, 0.2) is 17.2 Å². The number of nitrogen functional groups attached to an aromatic ring is 2. The summed E-state index contributed by atoms with van der Waals surface area (Å²) in [6.45, 7) is 2.20. The average Bonchev–Trinajstić information content (AvgIpc) is 2.18. The Kier molecular flexibility index (Phi) is 4.59. The molecule has 0 unspecified atom stereocenters. The number of rotatable bonds is 5. The maximum absolute atomic E-state index is 5.60. The van der Waals surface area contributed by atoms with Gasteiger partial charge in [0.05, 0.1) is 10.7 Å². The molecule has 3 nitrogen and oxygen atoms in total. The summed E-state index contributed by atoms with van der Waals surface area (Å²) >= 11 is 1.74. The normalized spacial score (nSPS) is 10.4. The lowest BCUT2D eigenvalue weighted by molar-refractivity contribution is 0.778. The number of pyridine rings is 1. The maximum Gasteiger partial charge on any atom is 0.147 e. The van der Waals surface area contributed by atoms with E-state index in [1.807, 2.05) is 12.1 Å². The standard InChI is InChI=1S/C10H17N3S/c1-2-3-4-7-14-9-6-5-8(11)10(12)13-9/h5-6H,2-4,7,11H2,1H3,(H2,12,13). The number of aromatic nitrogens is 1. The zero-order valence-corrected chi connectivity index (χ0v) is 9.31. The van der Waals surface area contributed by atoms with Crippen molar-refractivity contribution in [1.82, 2.24) is 4.98 Å². The zero-order chi connectivity index (χ0) is 10.4. The smallest absolute Gasteiger partial charge is 0.147 e. The van der Waals surface area contributed by atoms with Crippen molar-refractivity contribution in [2.24, 2.45) is 0 Å². The quantitative estimate of drug-likeness (QED) is 0.580. The van der Waals surface area contributed by atoms with Crippen LogP contribution in [0.25, 0.3) is 0 Å². The molecule has 0 fully saturated rings. The summed E-state index contributed by atoms with van der Waals surface area (Å²) in [6, 6.07) is 3.73. The van der Waals surface area contributed by atoms with Gasteiger partial charge in [-0.2, -0.15) is 0 Å². The van der Waals surface area contributed by atoms with Gasteiger partial charge in [-0.1, -0.05) is 19.8 Å². The van der Waals surface area contributed by atoms with Gasteiger partial charge in [0.2, 0.25) is 0 Å². The number of nitrogens with zero attached hydrogens (tertiary/aromatic N) is 1. The van der Waals surface area contributed by atoms with Crippen molar-refractivity contribution in [2.75, 3.05) is 17.2 Å². The molecule has 0 bridgehead atoms. The van der Waals surface area contributed by atoms with E-state index >= 15 is 0 Å². The number of unbranched alkanes of at least 4 members (excludes halogenated alkanes) is 2. The van der Waals surface area contributed by atoms with Gasteiger partial charge in [-0.3, -0.25) is 0 Å². The largest absolute Gasteiger partial charge is 0.396 e. The molecule has 0 radical (unpaired) electrons. The van der Waals surface area contributed by atoms with Crippen molar-refractivity contribution < 1.29 is 0 Å². The van der Waals surface area contributed by atoms with Gasteiger partial charge in [-0.15, -0.1) is 11.8 Å². The summed E-state index contributed by atoms with van der Waals surface area (Å²) in [7, 11) is 0. The van der Waals surface area contributed by atoms with Gasteiger partial charge in [0.25, 0.3) is 0 Å². The van der Waals surface area contributed by atoms with Crippen molar-refractivity contribution in [1.29, 1.82) is 0 Å². The van der Waals surface area contributed by atoms with Gasteiger partial charge in [-0.05, 0) is 24.3 Å². The first-order valence-corrected chi connectivity index (χ1v) is 5.87. The van der Waals surface area contributed by atoms with E-state index in [0.29, 0.717) is 11.5 Å². The van der Waals surface area contributed by atoms with Gasteiger partial charge < -0.3 is 11.5 Å². The average molecular weight is 211 g/mol. The minimum absolute atomic E-state index is 0.436. The predicted molar refractivity (Wildman–Crippen MR) is 63.3 cm³/mol. The Hall–Kier alpha value is -0.900. The molecular formula is C10H17N3S. The first kappa shape index (κ1) is 11.2. The lowest BCUT2D eigenvalue weighted by Crippen LogP contribution is -1.98. The van der Waals surface area contributed by atoms with Crippen LogP contribution in [-0.4, -0.2) is 10.7 Å². The molecule has 1 aromatic rings. The summed E-state index contributed by atoms with van der Waals surface area (Å²) in [5.41, 5.74) is 11.7. The Morgan fingerprint density at radius 3 is 2.71 bits per heavy atom. The molecule has 0 aliphatic carbocycles. The SMILES string of the molecule is CCCCCSc1ccc(N)c(N)n1. The monoisotopic (exact) mass is 211 g/mol. The molecule has 1 heterocycles. The Morgan fingerprint density at radius 2 is 2.07 bits per heavy atom. The minimum Gasteiger partial charge on any atom is -0.396 e. The third kappa shape index (κ3) is 3.46. The molecule has 4 heteroatoms. The molecule has 4 N–H and O–H groups in total. The highest BCUT2D eigenvalue weighted by Gasteiger charge is 1.99. The van der Waals surface area contributed by atoms with Crippen molar-refractivity contribution in [3.63, 3.8) is 0 Å². The summed E-state index contributed by atoms with van der Waals surface area (Å²) in [5.74, 6) is 1.54. The Balaban J connectivity index is 2.39. The van der Waals surface area contributed by atoms with E-state index in [0.717, 1.165) is 10.8 Å². The second-order valence-corrected chi connectivity index (χ2v) is 4.29. The first-order chi connectivity index (χ1) is 6.74. The lowest BCUT2D eigenvalue weighted by Gasteiger charge is -2.03. The van der Waals surface area contributed by atoms with Crippen molar-refractivity contribution >= 4 is 23.3 Å². The van der Waals surface area contributed by atoms with E-state index in [1.54, 1.807) is 11.8 Å². The Bertz CT molecular complexity index is 289. The van der Waals surface area contributed by atoms with Gasteiger partial charge in [-0.25, -0.2) is 4.98 Å². The summed E-state index contributed by atoms with van der Waals surface area (Å²) in [6.07, 6.45) is 3.75. The van der Waals surface area contributed by atoms with Crippen LogP contribution in [0.2, 0.25) is 0 Å². The van der Waals surface area contributed by atoms with E-state index < -0.39 is 0 Å². The van der Waals surface area contributed by atoms with Crippen molar-refractivity contribution in [3.8, 4) is 0 Å². The van der Waals surface area contributed by atoms with Crippen LogP contribution in [0.3, 0.4) is 0 Å². The van der Waals surface area contributed by atoms with Crippen molar-refractivity contribution in [2.45, 2.75) is 31.2 Å². The number of hydrogen-bond acceptors (Lipinski definition) is 4. The summed E-state index contributed by atoms with van der Waals surface area (Å²) in [4.78, 5) is 4.19. The van der Waals surface area contributed by atoms with E-state index in [-0.39, 0.29) is 0 Å². The molecule has 1 aromatic heterocycles. The molecule has 0 aromatic carbocycles. The molecule has 0 aliphatic rings. The van der Waals surface area contributed by atoms with Gasteiger partial charge in [0, 0.05) is 0 Å². The molecule has 78 valence electrons. The lowest BCUT2D eigenvalue weighted by atomic mass is 10.3. The van der Waals surface area contributed by atoms with E-state index in [9.17, 15) is 0 Å². The molecule has 0 saturated carbocycles. The number of hydrogen-bond donors (Lipinski definition) is 2. The Labute approximate surface area is 89.3 Å². The van der Waals surface area contributed by atoms with Crippen LogP contribution in [0.1, 0.15) is 26.2 Å². The third-order valence-corrected chi connectivity index (χ3v) is 2.95. The molecule has 0 aliphatic heterocycles. The highest BCUT2D eigenvalue weighted by molar-refractivity contribution is 7.99. The fourth-order valence-electron chi connectivity index (χ4n) is 1.08. The molecular weight excluding hydrogens is 194 g/mol. The van der Waals surface area contributed by atoms with E-state index in [4.69, 9.17) is 11.5 Å². The Morgan fingerprint density at radius 1 is 1.29 bits per heavy atom. The fourth-order valence-corrected chi connectivity index (χ4v) is 1.96. The predicted octanol–water partition coefficient (Wildman–Crippen LogP) is 2.53. The number of thioether (sulfide) groups is 1. The van der Waals surface area contributed by atoms with Crippen LogP contribution >= 0.6 is 11.8 Å². The van der Waals surface area contributed by atoms with Gasteiger partial charge in [0.1, 0.15) is 5.82 Å². The summed E-state index contributed by atoms with van der Waals surface area (Å²) in [5, 5.41) is 0.966.